The van der Waals surface area contributed by atoms with Crippen LogP contribution < -0.4 is 5.32 Å². The van der Waals surface area contributed by atoms with E-state index in [0.29, 0.717) is 10.6 Å². The molecule has 1 nitrogen and oxygen atoms in total. The van der Waals surface area contributed by atoms with Gasteiger partial charge in [-0.15, -0.1) is 0 Å². The molecule has 0 aliphatic rings. The van der Waals surface area contributed by atoms with Crippen LogP contribution in [0.2, 0.25) is 5.02 Å². The van der Waals surface area contributed by atoms with Gasteiger partial charge in [-0.25, -0.2) is 4.39 Å². The predicted octanol–water partition coefficient (Wildman–Crippen LogP) is 4.59. The molecule has 0 heterocycles. The van der Waals surface area contributed by atoms with Crippen LogP contribution >= 0.6 is 34.2 Å². The zero-order chi connectivity index (χ0) is 13.8. The van der Waals surface area contributed by atoms with Crippen molar-refractivity contribution in [3.63, 3.8) is 0 Å². The third-order valence-corrected chi connectivity index (χ3v) is 3.99. The Kier molecular flexibility index (Phi) is 5.19. The maximum atomic E-state index is 13.9. The first-order valence-corrected chi connectivity index (χ1v) is 7.42. The number of rotatable bonds is 4. The molecule has 1 N–H and O–H groups in total. The molecule has 0 spiro atoms. The highest BCUT2D eigenvalue weighted by Gasteiger charge is 2.15. The normalized spacial score (nSPS) is 12.4. The van der Waals surface area contributed by atoms with Crippen molar-refractivity contribution < 1.29 is 4.39 Å². The van der Waals surface area contributed by atoms with E-state index >= 15 is 0 Å². The van der Waals surface area contributed by atoms with Crippen LogP contribution in [0.4, 0.5) is 4.39 Å². The van der Waals surface area contributed by atoms with Gasteiger partial charge in [-0.05, 0) is 72.0 Å². The first kappa shape index (κ1) is 14.8. The van der Waals surface area contributed by atoms with Crippen molar-refractivity contribution in [3.8, 4) is 0 Å². The number of likely N-dealkylation sites (N-methyl/N-ethyl adjacent to an activating group) is 1. The summed E-state index contributed by atoms with van der Waals surface area (Å²) in [5, 5.41) is 3.70. The molecule has 1 unspecified atom stereocenters. The lowest BCUT2D eigenvalue weighted by atomic mass is 9.98. The van der Waals surface area contributed by atoms with Gasteiger partial charge in [0, 0.05) is 20.2 Å². The molecule has 0 fully saturated rings. The van der Waals surface area contributed by atoms with Crippen LogP contribution in [0.1, 0.15) is 17.2 Å². The summed E-state index contributed by atoms with van der Waals surface area (Å²) in [7, 11) is 1.83. The molecular weight excluding hydrogens is 376 g/mol. The van der Waals surface area contributed by atoms with Crippen LogP contribution in [0.15, 0.2) is 42.5 Å². The summed E-state index contributed by atoms with van der Waals surface area (Å²) in [5.74, 6) is -0.228. The van der Waals surface area contributed by atoms with E-state index in [0.717, 1.165) is 6.42 Å². The first-order valence-electron chi connectivity index (χ1n) is 5.97. The molecule has 1 atom stereocenters. The van der Waals surface area contributed by atoms with Crippen molar-refractivity contribution in [3.05, 3.63) is 68.0 Å². The van der Waals surface area contributed by atoms with E-state index in [9.17, 15) is 4.39 Å². The maximum absolute atomic E-state index is 13.9. The minimum atomic E-state index is -0.228. The van der Waals surface area contributed by atoms with E-state index in [-0.39, 0.29) is 11.9 Å². The maximum Gasteiger partial charge on any atom is 0.128 e. The minimum absolute atomic E-state index is 0.0845. The lowest BCUT2D eigenvalue weighted by molar-refractivity contribution is 0.534. The summed E-state index contributed by atoms with van der Waals surface area (Å²) in [6.45, 7) is 0. The molecule has 0 bridgehead atoms. The second-order valence-electron chi connectivity index (χ2n) is 4.34. The fourth-order valence-corrected chi connectivity index (χ4v) is 2.55. The molecule has 0 amide bonds. The van der Waals surface area contributed by atoms with Gasteiger partial charge in [0.2, 0.25) is 0 Å². The zero-order valence-corrected chi connectivity index (χ0v) is 13.4. The van der Waals surface area contributed by atoms with Gasteiger partial charge in [0.25, 0.3) is 0 Å². The monoisotopic (exact) mass is 389 g/mol. The van der Waals surface area contributed by atoms with Crippen LogP contribution in [0.5, 0.6) is 0 Å². The lowest BCUT2D eigenvalue weighted by Crippen LogP contribution is -2.20. The smallest absolute Gasteiger partial charge is 0.128 e. The highest BCUT2D eigenvalue weighted by atomic mass is 127. The van der Waals surface area contributed by atoms with E-state index in [4.69, 9.17) is 11.6 Å². The average molecular weight is 390 g/mol. The van der Waals surface area contributed by atoms with Crippen molar-refractivity contribution in [2.75, 3.05) is 7.05 Å². The van der Waals surface area contributed by atoms with Crippen LogP contribution in [0.25, 0.3) is 0 Å². The number of hydrogen-bond donors (Lipinski definition) is 1. The molecule has 0 aromatic heterocycles. The Morgan fingerprint density at radius 3 is 2.53 bits per heavy atom. The largest absolute Gasteiger partial charge is 0.313 e. The fourth-order valence-electron chi connectivity index (χ4n) is 2.01. The lowest BCUT2D eigenvalue weighted by Gasteiger charge is -2.18. The van der Waals surface area contributed by atoms with E-state index in [1.54, 1.807) is 12.1 Å². The molecule has 0 aliphatic heterocycles. The quantitative estimate of drug-likeness (QED) is 0.754. The van der Waals surface area contributed by atoms with Crippen molar-refractivity contribution in [2.45, 2.75) is 12.5 Å². The molecule has 0 saturated heterocycles. The predicted molar refractivity (Wildman–Crippen MR) is 86.1 cm³/mol. The summed E-state index contributed by atoms with van der Waals surface area (Å²) >= 11 is 8.21. The van der Waals surface area contributed by atoms with E-state index in [1.807, 2.05) is 7.05 Å². The summed E-state index contributed by atoms with van der Waals surface area (Å²) in [4.78, 5) is 0. The summed E-state index contributed by atoms with van der Waals surface area (Å²) in [5.41, 5.74) is 1.77. The number of nitrogens with one attached hydrogen (secondary N) is 1. The van der Waals surface area contributed by atoms with Crippen LogP contribution in [-0.2, 0) is 6.42 Å². The van der Waals surface area contributed by atoms with Gasteiger partial charge in [0.05, 0.1) is 0 Å². The van der Waals surface area contributed by atoms with Crippen LogP contribution in [-0.4, -0.2) is 7.05 Å². The first-order chi connectivity index (χ1) is 9.10. The summed E-state index contributed by atoms with van der Waals surface area (Å²) in [6.07, 6.45) is 0.727. The third-order valence-electron chi connectivity index (χ3n) is 3.04. The van der Waals surface area contributed by atoms with E-state index in [2.05, 4.69) is 52.2 Å². The highest BCUT2D eigenvalue weighted by Crippen LogP contribution is 2.24. The molecule has 2 aromatic carbocycles. The molecule has 19 heavy (non-hydrogen) atoms. The Morgan fingerprint density at radius 2 is 1.89 bits per heavy atom. The summed E-state index contributed by atoms with van der Waals surface area (Å²) < 4.78 is 15.1. The molecular formula is C15H14ClFIN. The van der Waals surface area contributed by atoms with Crippen LogP contribution in [0.3, 0.4) is 0 Å². The van der Waals surface area contributed by atoms with Crippen molar-refractivity contribution >= 4 is 34.2 Å². The highest BCUT2D eigenvalue weighted by molar-refractivity contribution is 14.1. The van der Waals surface area contributed by atoms with Gasteiger partial charge >= 0.3 is 0 Å². The molecule has 4 heteroatoms. The topological polar surface area (TPSA) is 12.0 Å². The minimum Gasteiger partial charge on any atom is -0.313 e. The molecule has 2 aromatic rings. The Morgan fingerprint density at radius 1 is 1.21 bits per heavy atom. The molecule has 2 rings (SSSR count). The second kappa shape index (κ2) is 6.68. The van der Waals surface area contributed by atoms with Gasteiger partial charge < -0.3 is 5.32 Å². The van der Waals surface area contributed by atoms with Gasteiger partial charge in [-0.3, -0.25) is 0 Å². The Labute approximate surface area is 131 Å². The van der Waals surface area contributed by atoms with Gasteiger partial charge in [-0.2, -0.15) is 0 Å². The number of halogens is 3. The molecule has 0 saturated carbocycles. The fraction of sp³-hybridized carbons (Fsp3) is 0.200. The zero-order valence-electron chi connectivity index (χ0n) is 10.5. The standard InChI is InChI=1S/C15H14ClFIN/c1-19-15(8-10-2-5-12(18)6-3-10)13-9-11(16)4-7-14(13)17/h2-7,9,15,19H,8H2,1H3. The second-order valence-corrected chi connectivity index (χ2v) is 6.02. The molecule has 100 valence electrons. The Hall–Kier alpha value is -0.650. The van der Waals surface area contributed by atoms with E-state index in [1.165, 1.54) is 15.2 Å². The third kappa shape index (κ3) is 3.91. The number of benzene rings is 2. The SMILES string of the molecule is CNC(Cc1ccc(I)cc1)c1cc(Cl)ccc1F. The number of hydrogen-bond acceptors (Lipinski definition) is 1. The molecule has 0 aliphatic carbocycles. The van der Waals surface area contributed by atoms with Crippen LogP contribution in [0, 0.1) is 9.39 Å². The van der Waals surface area contributed by atoms with E-state index < -0.39 is 0 Å². The van der Waals surface area contributed by atoms with Gasteiger partial charge in [0.15, 0.2) is 0 Å². The average Bonchev–Trinajstić information content (AvgIpc) is 2.41. The van der Waals surface area contributed by atoms with Gasteiger partial charge in [0.1, 0.15) is 5.82 Å². The van der Waals surface area contributed by atoms with Crippen molar-refractivity contribution in [2.24, 2.45) is 0 Å². The van der Waals surface area contributed by atoms with Crippen molar-refractivity contribution in [1.29, 1.82) is 0 Å². The van der Waals surface area contributed by atoms with Crippen molar-refractivity contribution in [1.82, 2.24) is 5.32 Å². The molecule has 0 radical (unpaired) electrons. The Balaban J connectivity index is 2.24. The van der Waals surface area contributed by atoms with Gasteiger partial charge in [-0.1, -0.05) is 23.7 Å². The Bertz CT molecular complexity index is 557. The summed E-state index contributed by atoms with van der Waals surface area (Å²) in [6, 6.07) is 12.8.